The van der Waals surface area contributed by atoms with Crippen molar-refractivity contribution in [3.8, 4) is 5.75 Å². The summed E-state index contributed by atoms with van der Waals surface area (Å²) in [5.41, 5.74) is 1.56. The van der Waals surface area contributed by atoms with Crippen molar-refractivity contribution in [2.45, 2.75) is 25.7 Å². The summed E-state index contributed by atoms with van der Waals surface area (Å²) in [6.45, 7) is 1.96. The molecular weight excluding hydrogens is 186 g/mol. The van der Waals surface area contributed by atoms with Crippen molar-refractivity contribution in [1.82, 2.24) is 0 Å². The molecule has 1 aromatic rings. The van der Waals surface area contributed by atoms with E-state index in [1.807, 2.05) is 6.07 Å². The van der Waals surface area contributed by atoms with Crippen LogP contribution in [0.1, 0.15) is 25.7 Å². The van der Waals surface area contributed by atoms with Crippen molar-refractivity contribution in [1.29, 1.82) is 0 Å². The van der Waals surface area contributed by atoms with Crippen LogP contribution in [0.25, 0.3) is 0 Å². The zero-order chi connectivity index (χ0) is 10.1. The zero-order valence-corrected chi connectivity index (χ0v) is 8.96. The Balaban J connectivity index is 1.85. The number of rotatable bonds is 0. The molecule has 0 unspecified atom stereocenters. The third kappa shape index (κ3) is 1.58. The summed E-state index contributed by atoms with van der Waals surface area (Å²) in [4.78, 5) is 0. The summed E-state index contributed by atoms with van der Waals surface area (Å²) < 4.78 is 5.92. The normalized spacial score (nSPS) is 22.7. The van der Waals surface area contributed by atoms with Crippen molar-refractivity contribution in [3.63, 3.8) is 0 Å². The molecule has 2 nitrogen and oxygen atoms in total. The number of nitrogens with one attached hydrogen (secondary N) is 1. The fourth-order valence-electron chi connectivity index (χ4n) is 2.75. The number of hydrogen-bond donors (Lipinski definition) is 1. The van der Waals surface area contributed by atoms with Crippen LogP contribution < -0.4 is 10.1 Å². The summed E-state index contributed by atoms with van der Waals surface area (Å²) in [5.74, 6) is 1.02. The molecule has 1 aliphatic carbocycles. The molecule has 0 saturated heterocycles. The van der Waals surface area contributed by atoms with Crippen LogP contribution in [0, 0.1) is 5.41 Å². The van der Waals surface area contributed by atoms with Gasteiger partial charge in [-0.25, -0.2) is 0 Å². The highest BCUT2D eigenvalue weighted by atomic mass is 16.5. The predicted molar refractivity (Wildman–Crippen MR) is 61.3 cm³/mol. The van der Waals surface area contributed by atoms with E-state index in [1.165, 1.54) is 25.7 Å². The summed E-state index contributed by atoms with van der Waals surface area (Å²) >= 11 is 0. The Morgan fingerprint density at radius 3 is 2.80 bits per heavy atom. The maximum absolute atomic E-state index is 5.92. The lowest BCUT2D eigenvalue weighted by atomic mass is 9.87. The average molecular weight is 203 g/mol. The Morgan fingerprint density at radius 2 is 1.93 bits per heavy atom. The Morgan fingerprint density at radius 1 is 1.13 bits per heavy atom. The van der Waals surface area contributed by atoms with Crippen LogP contribution in [0.4, 0.5) is 5.69 Å². The first-order chi connectivity index (χ1) is 7.38. The van der Waals surface area contributed by atoms with Gasteiger partial charge in [-0.1, -0.05) is 25.0 Å². The molecule has 1 fully saturated rings. The van der Waals surface area contributed by atoms with Crippen molar-refractivity contribution in [2.75, 3.05) is 18.5 Å². The second-order valence-electron chi connectivity index (χ2n) is 4.85. The van der Waals surface area contributed by atoms with E-state index in [4.69, 9.17) is 4.74 Å². The molecule has 1 spiro atoms. The fourth-order valence-corrected chi connectivity index (χ4v) is 2.75. The monoisotopic (exact) mass is 203 g/mol. The van der Waals surface area contributed by atoms with Crippen molar-refractivity contribution in [2.24, 2.45) is 5.41 Å². The largest absolute Gasteiger partial charge is 0.491 e. The van der Waals surface area contributed by atoms with E-state index in [9.17, 15) is 0 Å². The van der Waals surface area contributed by atoms with E-state index in [2.05, 4.69) is 23.5 Å². The minimum atomic E-state index is 0.402. The van der Waals surface area contributed by atoms with E-state index in [0.717, 1.165) is 24.6 Å². The molecule has 80 valence electrons. The topological polar surface area (TPSA) is 21.3 Å². The number of benzene rings is 1. The molecule has 2 heteroatoms. The Bertz CT molecular complexity index is 326. The lowest BCUT2D eigenvalue weighted by molar-refractivity contribution is 0.169. The average Bonchev–Trinajstić information content (AvgIpc) is 2.65. The first-order valence-corrected chi connectivity index (χ1v) is 5.84. The van der Waals surface area contributed by atoms with Gasteiger partial charge in [0.15, 0.2) is 0 Å². The van der Waals surface area contributed by atoms with Gasteiger partial charge in [0, 0.05) is 12.0 Å². The van der Waals surface area contributed by atoms with Crippen molar-refractivity contribution >= 4 is 5.69 Å². The summed E-state index contributed by atoms with van der Waals surface area (Å²) in [6, 6.07) is 8.24. The van der Waals surface area contributed by atoms with E-state index >= 15 is 0 Å². The lowest BCUT2D eigenvalue weighted by Crippen LogP contribution is -2.30. The molecule has 0 bridgehead atoms. The molecule has 0 radical (unpaired) electrons. The lowest BCUT2D eigenvalue weighted by Gasteiger charge is -2.25. The van der Waals surface area contributed by atoms with E-state index < -0.39 is 0 Å². The number of anilines is 1. The molecule has 1 saturated carbocycles. The van der Waals surface area contributed by atoms with Gasteiger partial charge in [-0.2, -0.15) is 0 Å². The number of hydrogen-bond acceptors (Lipinski definition) is 2. The summed E-state index contributed by atoms with van der Waals surface area (Å²) in [5, 5.41) is 3.53. The van der Waals surface area contributed by atoms with Gasteiger partial charge in [0.05, 0.1) is 12.3 Å². The first kappa shape index (κ1) is 9.08. The van der Waals surface area contributed by atoms with Gasteiger partial charge in [0.2, 0.25) is 0 Å². The smallest absolute Gasteiger partial charge is 0.142 e. The Labute approximate surface area is 90.6 Å². The van der Waals surface area contributed by atoms with Crippen LogP contribution in [0.5, 0.6) is 5.75 Å². The van der Waals surface area contributed by atoms with Gasteiger partial charge in [0.25, 0.3) is 0 Å². The minimum absolute atomic E-state index is 0.402. The van der Waals surface area contributed by atoms with E-state index in [-0.39, 0.29) is 0 Å². The SMILES string of the molecule is c1ccc2c(c1)NCC1(CCCC1)CO2. The summed E-state index contributed by atoms with van der Waals surface area (Å²) in [6.07, 6.45) is 5.35. The molecule has 0 amide bonds. The standard InChI is InChI=1S/C13H17NO/c1-2-6-12-11(5-1)14-9-13(10-15-12)7-3-4-8-13/h1-2,5-6,14H,3-4,7-10H2. The molecule has 1 heterocycles. The highest BCUT2D eigenvalue weighted by Crippen LogP contribution is 2.41. The van der Waals surface area contributed by atoms with Crippen LogP contribution >= 0.6 is 0 Å². The fraction of sp³-hybridized carbons (Fsp3) is 0.538. The quantitative estimate of drug-likeness (QED) is 0.699. The number of fused-ring (bicyclic) bond motifs is 1. The minimum Gasteiger partial charge on any atom is -0.491 e. The summed E-state index contributed by atoms with van der Waals surface area (Å²) in [7, 11) is 0. The van der Waals surface area contributed by atoms with Crippen LogP contribution in [-0.2, 0) is 0 Å². The van der Waals surface area contributed by atoms with Crippen molar-refractivity contribution in [3.05, 3.63) is 24.3 Å². The number of ether oxygens (including phenoxy) is 1. The zero-order valence-electron chi connectivity index (χ0n) is 8.96. The van der Waals surface area contributed by atoms with Gasteiger partial charge < -0.3 is 10.1 Å². The van der Waals surface area contributed by atoms with Crippen LogP contribution in [0.2, 0.25) is 0 Å². The predicted octanol–water partition coefficient (Wildman–Crippen LogP) is 3.05. The van der Waals surface area contributed by atoms with Crippen LogP contribution in [0.3, 0.4) is 0 Å². The molecule has 2 aliphatic rings. The highest BCUT2D eigenvalue weighted by Gasteiger charge is 2.36. The molecule has 1 aromatic carbocycles. The molecule has 0 atom stereocenters. The van der Waals surface area contributed by atoms with Gasteiger partial charge in [-0.05, 0) is 25.0 Å². The van der Waals surface area contributed by atoms with Crippen molar-refractivity contribution < 1.29 is 4.74 Å². The molecule has 0 aromatic heterocycles. The molecular formula is C13H17NO. The molecule has 1 aliphatic heterocycles. The second-order valence-corrected chi connectivity index (χ2v) is 4.85. The van der Waals surface area contributed by atoms with E-state index in [1.54, 1.807) is 0 Å². The van der Waals surface area contributed by atoms with Crippen LogP contribution in [0.15, 0.2) is 24.3 Å². The maximum atomic E-state index is 5.92. The van der Waals surface area contributed by atoms with Gasteiger partial charge in [0.1, 0.15) is 5.75 Å². The third-order valence-corrected chi connectivity index (χ3v) is 3.74. The molecule has 15 heavy (non-hydrogen) atoms. The number of para-hydroxylation sites is 2. The highest BCUT2D eigenvalue weighted by molar-refractivity contribution is 5.56. The van der Waals surface area contributed by atoms with E-state index in [0.29, 0.717) is 5.41 Å². The van der Waals surface area contributed by atoms with Crippen LogP contribution in [-0.4, -0.2) is 13.2 Å². The Hall–Kier alpha value is -1.18. The first-order valence-electron chi connectivity index (χ1n) is 5.84. The third-order valence-electron chi connectivity index (χ3n) is 3.74. The molecule has 1 N–H and O–H groups in total. The Kier molecular flexibility index (Phi) is 2.08. The second kappa shape index (κ2) is 3.44. The van der Waals surface area contributed by atoms with Gasteiger partial charge in [-0.3, -0.25) is 0 Å². The van der Waals surface area contributed by atoms with Gasteiger partial charge >= 0.3 is 0 Å². The maximum Gasteiger partial charge on any atom is 0.142 e. The molecule has 3 rings (SSSR count). The van der Waals surface area contributed by atoms with Gasteiger partial charge in [-0.15, -0.1) is 0 Å².